The molecular formula is C14H13Br2FN2. The minimum absolute atomic E-state index is 0.0708. The van der Waals surface area contributed by atoms with Gasteiger partial charge < -0.3 is 5.32 Å². The molecule has 0 unspecified atom stereocenters. The van der Waals surface area contributed by atoms with Gasteiger partial charge in [0.1, 0.15) is 5.82 Å². The lowest BCUT2D eigenvalue weighted by atomic mass is 10.1. The molecule has 1 heterocycles. The fourth-order valence-corrected chi connectivity index (χ4v) is 2.89. The molecule has 2 nitrogen and oxygen atoms in total. The van der Waals surface area contributed by atoms with E-state index in [0.29, 0.717) is 12.1 Å². The molecule has 0 saturated carbocycles. The summed E-state index contributed by atoms with van der Waals surface area (Å²) in [5, 5.41) is 3.27. The van der Waals surface area contributed by atoms with Crippen molar-refractivity contribution in [3.63, 3.8) is 0 Å². The van der Waals surface area contributed by atoms with E-state index in [1.807, 2.05) is 19.1 Å². The van der Waals surface area contributed by atoms with E-state index < -0.39 is 0 Å². The maximum absolute atomic E-state index is 13.6. The van der Waals surface area contributed by atoms with Gasteiger partial charge in [0.15, 0.2) is 0 Å². The molecule has 0 aliphatic heterocycles. The van der Waals surface area contributed by atoms with Crippen molar-refractivity contribution in [2.45, 2.75) is 19.5 Å². The first kappa shape index (κ1) is 14.6. The lowest BCUT2D eigenvalue weighted by Gasteiger charge is -2.15. The Morgan fingerprint density at radius 2 is 2.05 bits per heavy atom. The summed E-state index contributed by atoms with van der Waals surface area (Å²) in [4.78, 5) is 4.32. The number of pyridine rings is 1. The average molecular weight is 388 g/mol. The third-order valence-corrected chi connectivity index (χ3v) is 3.95. The van der Waals surface area contributed by atoms with E-state index >= 15 is 0 Å². The van der Waals surface area contributed by atoms with E-state index in [2.05, 4.69) is 42.2 Å². The monoisotopic (exact) mass is 386 g/mol. The highest BCUT2D eigenvalue weighted by Gasteiger charge is 2.10. The van der Waals surface area contributed by atoms with Crippen molar-refractivity contribution in [1.82, 2.24) is 10.3 Å². The summed E-state index contributed by atoms with van der Waals surface area (Å²) < 4.78 is 15.5. The second kappa shape index (κ2) is 6.59. The zero-order valence-electron chi connectivity index (χ0n) is 10.3. The van der Waals surface area contributed by atoms with Crippen LogP contribution in [0.4, 0.5) is 4.39 Å². The summed E-state index contributed by atoms with van der Waals surface area (Å²) in [6.45, 7) is 2.51. The van der Waals surface area contributed by atoms with Crippen molar-refractivity contribution in [1.29, 1.82) is 0 Å². The van der Waals surface area contributed by atoms with Crippen LogP contribution < -0.4 is 5.32 Å². The highest BCUT2D eigenvalue weighted by molar-refractivity contribution is 9.11. The molecule has 1 atom stereocenters. The van der Waals surface area contributed by atoms with E-state index in [0.717, 1.165) is 14.6 Å². The lowest BCUT2D eigenvalue weighted by Crippen LogP contribution is -2.20. The van der Waals surface area contributed by atoms with Crippen LogP contribution in [0, 0.1) is 5.82 Å². The van der Waals surface area contributed by atoms with Gasteiger partial charge in [-0.25, -0.2) is 4.39 Å². The van der Waals surface area contributed by atoms with Gasteiger partial charge in [-0.15, -0.1) is 0 Å². The number of nitrogens with one attached hydrogen (secondary N) is 1. The SMILES string of the molecule is C[C@@H](NCc1ncc(Br)cc1Br)c1ccccc1F. The Morgan fingerprint density at radius 1 is 1.32 bits per heavy atom. The second-order valence-corrected chi connectivity index (χ2v) is 5.98. The number of benzene rings is 1. The van der Waals surface area contributed by atoms with Crippen LogP contribution in [0.3, 0.4) is 0 Å². The van der Waals surface area contributed by atoms with Gasteiger partial charge in [0, 0.05) is 33.3 Å². The van der Waals surface area contributed by atoms with Crippen LogP contribution in [0.25, 0.3) is 0 Å². The van der Waals surface area contributed by atoms with E-state index in [4.69, 9.17) is 0 Å². The van der Waals surface area contributed by atoms with Crippen molar-refractivity contribution in [3.05, 3.63) is 62.5 Å². The van der Waals surface area contributed by atoms with Gasteiger partial charge >= 0.3 is 0 Å². The first-order valence-electron chi connectivity index (χ1n) is 5.85. The van der Waals surface area contributed by atoms with Gasteiger partial charge in [0.25, 0.3) is 0 Å². The maximum atomic E-state index is 13.6. The van der Waals surface area contributed by atoms with Gasteiger partial charge in [-0.3, -0.25) is 4.98 Å². The van der Waals surface area contributed by atoms with Crippen LogP contribution in [-0.2, 0) is 6.54 Å². The third-order valence-electron chi connectivity index (χ3n) is 2.83. The highest BCUT2D eigenvalue weighted by Crippen LogP contribution is 2.21. The molecule has 5 heteroatoms. The summed E-state index contributed by atoms with van der Waals surface area (Å²) in [7, 11) is 0. The van der Waals surface area contributed by atoms with Gasteiger partial charge in [-0.2, -0.15) is 0 Å². The van der Waals surface area contributed by atoms with Crippen LogP contribution in [0.5, 0.6) is 0 Å². The van der Waals surface area contributed by atoms with Gasteiger partial charge in [0.2, 0.25) is 0 Å². The number of rotatable bonds is 4. The lowest BCUT2D eigenvalue weighted by molar-refractivity contribution is 0.524. The van der Waals surface area contributed by atoms with Gasteiger partial charge in [0.05, 0.1) is 5.69 Å². The van der Waals surface area contributed by atoms with Gasteiger partial charge in [-0.1, -0.05) is 18.2 Å². The van der Waals surface area contributed by atoms with Crippen LogP contribution in [-0.4, -0.2) is 4.98 Å². The van der Waals surface area contributed by atoms with Crippen molar-refractivity contribution in [3.8, 4) is 0 Å². The van der Waals surface area contributed by atoms with Crippen molar-refractivity contribution in [2.75, 3.05) is 0 Å². The molecule has 0 saturated heterocycles. The Bertz CT molecular complexity index is 575. The minimum Gasteiger partial charge on any atom is -0.304 e. The Balaban J connectivity index is 2.04. The molecule has 1 aromatic carbocycles. The quantitative estimate of drug-likeness (QED) is 0.829. The molecule has 0 amide bonds. The number of aromatic nitrogens is 1. The molecule has 1 N–H and O–H groups in total. The van der Waals surface area contributed by atoms with E-state index in [1.165, 1.54) is 6.07 Å². The van der Waals surface area contributed by atoms with Gasteiger partial charge in [-0.05, 0) is 50.9 Å². The standard InChI is InChI=1S/C14H13Br2FN2/c1-9(11-4-2-3-5-13(11)17)18-8-14-12(16)6-10(15)7-19-14/h2-7,9,18H,8H2,1H3/t9-/m1/s1. The molecule has 2 aromatic rings. The fraction of sp³-hybridized carbons (Fsp3) is 0.214. The number of hydrogen-bond acceptors (Lipinski definition) is 2. The summed E-state index contributed by atoms with van der Waals surface area (Å²) in [5.41, 5.74) is 1.56. The second-order valence-electron chi connectivity index (χ2n) is 4.21. The molecule has 0 bridgehead atoms. The zero-order chi connectivity index (χ0) is 13.8. The van der Waals surface area contributed by atoms with Crippen LogP contribution in [0.15, 0.2) is 45.5 Å². The van der Waals surface area contributed by atoms with Crippen molar-refractivity contribution in [2.24, 2.45) is 0 Å². The molecule has 0 fully saturated rings. The normalized spacial score (nSPS) is 12.4. The number of halogens is 3. The Hall–Kier alpha value is -0.780. The molecule has 1 aromatic heterocycles. The largest absolute Gasteiger partial charge is 0.304 e. The maximum Gasteiger partial charge on any atom is 0.127 e. The first-order chi connectivity index (χ1) is 9.08. The third kappa shape index (κ3) is 3.84. The van der Waals surface area contributed by atoms with E-state index in [-0.39, 0.29) is 11.9 Å². The Labute approximate surface area is 128 Å². The minimum atomic E-state index is -0.190. The first-order valence-corrected chi connectivity index (χ1v) is 7.44. The predicted octanol–water partition coefficient (Wildman–Crippen LogP) is 4.60. The smallest absolute Gasteiger partial charge is 0.127 e. The zero-order valence-corrected chi connectivity index (χ0v) is 13.5. The van der Waals surface area contributed by atoms with Crippen molar-refractivity contribution < 1.29 is 4.39 Å². The molecule has 100 valence electrons. The molecule has 2 rings (SSSR count). The van der Waals surface area contributed by atoms with E-state index in [1.54, 1.807) is 18.3 Å². The van der Waals surface area contributed by atoms with E-state index in [9.17, 15) is 4.39 Å². The van der Waals surface area contributed by atoms with Crippen LogP contribution in [0.2, 0.25) is 0 Å². The summed E-state index contributed by atoms with van der Waals surface area (Å²) in [6, 6.07) is 8.66. The van der Waals surface area contributed by atoms with Crippen molar-refractivity contribution >= 4 is 31.9 Å². The molecule has 0 spiro atoms. The molecule has 0 aliphatic rings. The summed E-state index contributed by atoms with van der Waals surface area (Å²) >= 11 is 6.82. The molecule has 19 heavy (non-hydrogen) atoms. The topological polar surface area (TPSA) is 24.9 Å². The Morgan fingerprint density at radius 3 is 2.74 bits per heavy atom. The molecule has 0 aliphatic carbocycles. The predicted molar refractivity (Wildman–Crippen MR) is 81.3 cm³/mol. The summed E-state index contributed by atoms with van der Waals surface area (Å²) in [5.74, 6) is -0.190. The van der Waals surface area contributed by atoms with Crippen LogP contribution >= 0.6 is 31.9 Å². The molecular weight excluding hydrogens is 375 g/mol. The summed E-state index contributed by atoms with van der Waals surface area (Å²) in [6.07, 6.45) is 1.75. The molecule has 0 radical (unpaired) electrons. The average Bonchev–Trinajstić information content (AvgIpc) is 2.38. The Kier molecular flexibility index (Phi) is 5.07. The number of nitrogens with zero attached hydrogens (tertiary/aromatic N) is 1. The highest BCUT2D eigenvalue weighted by atomic mass is 79.9. The number of hydrogen-bond donors (Lipinski definition) is 1. The fourth-order valence-electron chi connectivity index (χ4n) is 1.76. The van der Waals surface area contributed by atoms with Crippen LogP contribution in [0.1, 0.15) is 24.2 Å².